The van der Waals surface area contributed by atoms with Crippen LogP contribution < -0.4 is 10.9 Å². The van der Waals surface area contributed by atoms with Crippen molar-refractivity contribution in [1.82, 2.24) is 30.4 Å². The highest BCUT2D eigenvalue weighted by molar-refractivity contribution is 5.94. The summed E-state index contributed by atoms with van der Waals surface area (Å²) in [5, 5.41) is 9.73. The zero-order valence-corrected chi connectivity index (χ0v) is 16.1. The first kappa shape index (κ1) is 19.3. The third kappa shape index (κ3) is 4.35. The van der Waals surface area contributed by atoms with E-state index in [1.165, 1.54) is 12.4 Å². The molecule has 3 aromatic rings. The van der Waals surface area contributed by atoms with Crippen molar-refractivity contribution in [2.45, 2.75) is 19.5 Å². The van der Waals surface area contributed by atoms with Gasteiger partial charge in [0.2, 0.25) is 5.91 Å². The van der Waals surface area contributed by atoms with Crippen LogP contribution in [0.25, 0.3) is 6.08 Å². The van der Waals surface area contributed by atoms with Gasteiger partial charge in [-0.05, 0) is 18.1 Å². The molecule has 0 unspecified atom stereocenters. The minimum atomic E-state index is -0.349. The van der Waals surface area contributed by atoms with E-state index >= 15 is 0 Å². The third-order valence-electron chi connectivity index (χ3n) is 4.84. The predicted molar refractivity (Wildman–Crippen MR) is 109 cm³/mol. The van der Waals surface area contributed by atoms with Gasteiger partial charge in [0, 0.05) is 24.3 Å². The molecular weight excluding hydrogens is 384 g/mol. The molecule has 0 fully saturated rings. The van der Waals surface area contributed by atoms with Crippen molar-refractivity contribution in [1.29, 1.82) is 0 Å². The Balaban J connectivity index is 1.39. The molecule has 0 aliphatic carbocycles. The molecule has 30 heavy (non-hydrogen) atoms. The van der Waals surface area contributed by atoms with Crippen LogP contribution in [-0.2, 0) is 24.3 Å². The second-order valence-corrected chi connectivity index (χ2v) is 6.87. The fraction of sp³-hybridized carbons (Fsp3) is 0.190. The van der Waals surface area contributed by atoms with Crippen LogP contribution in [0, 0.1) is 0 Å². The summed E-state index contributed by atoms with van der Waals surface area (Å²) in [4.78, 5) is 44.5. The molecule has 3 heterocycles. The Kier molecular flexibility index (Phi) is 5.51. The molecule has 2 amide bonds. The van der Waals surface area contributed by atoms with E-state index in [4.69, 9.17) is 0 Å². The Morgan fingerprint density at radius 3 is 2.87 bits per heavy atom. The number of H-pyrrole nitrogens is 2. The number of fused-ring (bicyclic) bond motifs is 1. The topological polar surface area (TPSA) is 124 Å². The van der Waals surface area contributed by atoms with E-state index in [-0.39, 0.29) is 23.9 Å². The quantitative estimate of drug-likeness (QED) is 0.548. The van der Waals surface area contributed by atoms with Crippen molar-refractivity contribution in [3.63, 3.8) is 0 Å². The van der Waals surface area contributed by atoms with E-state index in [1.54, 1.807) is 17.1 Å². The maximum atomic E-state index is 12.5. The minimum Gasteiger partial charge on any atom is -0.345 e. The van der Waals surface area contributed by atoms with E-state index in [1.807, 2.05) is 30.3 Å². The van der Waals surface area contributed by atoms with E-state index in [0.717, 1.165) is 16.8 Å². The number of rotatable bonds is 5. The number of amides is 2. The fourth-order valence-electron chi connectivity index (χ4n) is 3.29. The molecule has 1 aliphatic heterocycles. The summed E-state index contributed by atoms with van der Waals surface area (Å²) >= 11 is 0. The molecule has 0 bridgehead atoms. The largest absolute Gasteiger partial charge is 0.345 e. The smallest absolute Gasteiger partial charge is 0.272 e. The maximum absolute atomic E-state index is 12.5. The lowest BCUT2D eigenvalue weighted by atomic mass is 10.0. The van der Waals surface area contributed by atoms with Crippen molar-refractivity contribution in [2.75, 3.05) is 6.54 Å². The van der Waals surface area contributed by atoms with Crippen LogP contribution >= 0.6 is 0 Å². The SMILES string of the molecule is O=C(NCc1cc(=O)[nH]cn1)c1n[nH]c2c1CCN(C(=O)/C=C/c1ccccc1)C2. The third-order valence-corrected chi connectivity index (χ3v) is 4.84. The molecule has 152 valence electrons. The molecule has 3 N–H and O–H groups in total. The molecule has 1 aromatic carbocycles. The van der Waals surface area contributed by atoms with Crippen LogP contribution in [0.3, 0.4) is 0 Å². The van der Waals surface area contributed by atoms with Gasteiger partial charge in [0.05, 0.1) is 30.8 Å². The van der Waals surface area contributed by atoms with Crippen molar-refractivity contribution < 1.29 is 9.59 Å². The highest BCUT2D eigenvalue weighted by Gasteiger charge is 2.26. The zero-order chi connectivity index (χ0) is 20.9. The number of carbonyl (C=O) groups excluding carboxylic acids is 2. The lowest BCUT2D eigenvalue weighted by molar-refractivity contribution is -0.126. The van der Waals surface area contributed by atoms with E-state index < -0.39 is 0 Å². The van der Waals surface area contributed by atoms with Gasteiger partial charge in [0.15, 0.2) is 5.69 Å². The van der Waals surface area contributed by atoms with Crippen molar-refractivity contribution in [3.05, 3.63) is 87.4 Å². The van der Waals surface area contributed by atoms with Gasteiger partial charge in [0.1, 0.15) is 0 Å². The molecule has 0 radical (unpaired) electrons. The molecule has 4 rings (SSSR count). The molecule has 9 heteroatoms. The lowest BCUT2D eigenvalue weighted by Gasteiger charge is -2.25. The number of carbonyl (C=O) groups is 2. The number of hydrogen-bond acceptors (Lipinski definition) is 5. The molecular formula is C21H20N6O3. The summed E-state index contributed by atoms with van der Waals surface area (Å²) in [6.45, 7) is 0.989. The summed E-state index contributed by atoms with van der Waals surface area (Å²) in [5.41, 5.74) is 3.00. The Morgan fingerprint density at radius 2 is 2.07 bits per heavy atom. The second kappa shape index (κ2) is 8.56. The highest BCUT2D eigenvalue weighted by Crippen LogP contribution is 2.20. The van der Waals surface area contributed by atoms with Crippen LogP contribution in [0.2, 0.25) is 0 Å². The van der Waals surface area contributed by atoms with Crippen LogP contribution in [0.5, 0.6) is 0 Å². The number of aromatic amines is 2. The number of hydrogen-bond donors (Lipinski definition) is 3. The zero-order valence-electron chi connectivity index (χ0n) is 16.1. The molecule has 2 aromatic heterocycles. The first-order valence-corrected chi connectivity index (χ1v) is 9.50. The second-order valence-electron chi connectivity index (χ2n) is 6.87. The standard InChI is InChI=1S/C21H20N6O3/c28-18-10-15(23-13-24-18)11-22-21(30)20-16-8-9-27(12-17(16)25-26-20)19(29)7-6-14-4-2-1-3-5-14/h1-7,10,13H,8-9,11-12H2,(H,22,30)(H,25,26)(H,23,24,28)/b7-6+. The molecule has 0 spiro atoms. The van der Waals surface area contributed by atoms with E-state index in [9.17, 15) is 14.4 Å². The minimum absolute atomic E-state index is 0.0921. The Morgan fingerprint density at radius 1 is 1.23 bits per heavy atom. The molecule has 0 saturated heterocycles. The Labute approximate surface area is 171 Å². The first-order chi connectivity index (χ1) is 14.6. The van der Waals surface area contributed by atoms with Crippen molar-refractivity contribution in [3.8, 4) is 0 Å². The maximum Gasteiger partial charge on any atom is 0.272 e. The van der Waals surface area contributed by atoms with E-state index in [0.29, 0.717) is 30.9 Å². The summed E-state index contributed by atoms with van der Waals surface area (Å²) in [6.07, 6.45) is 5.16. The fourth-order valence-corrected chi connectivity index (χ4v) is 3.29. The first-order valence-electron chi connectivity index (χ1n) is 9.50. The van der Waals surface area contributed by atoms with Crippen molar-refractivity contribution in [2.24, 2.45) is 0 Å². The molecule has 0 atom stereocenters. The van der Waals surface area contributed by atoms with Crippen LogP contribution in [0.15, 0.2) is 53.6 Å². The van der Waals surface area contributed by atoms with Gasteiger partial charge in [0.25, 0.3) is 11.5 Å². The average molecular weight is 404 g/mol. The molecule has 0 saturated carbocycles. The summed E-state index contributed by atoms with van der Waals surface area (Å²) < 4.78 is 0. The van der Waals surface area contributed by atoms with Gasteiger partial charge in [-0.2, -0.15) is 5.10 Å². The number of nitrogens with one attached hydrogen (secondary N) is 3. The van der Waals surface area contributed by atoms with Crippen LogP contribution in [-0.4, -0.2) is 43.4 Å². The number of nitrogens with zero attached hydrogens (tertiary/aromatic N) is 3. The van der Waals surface area contributed by atoms with Gasteiger partial charge in [-0.15, -0.1) is 0 Å². The summed E-state index contributed by atoms with van der Waals surface area (Å²) in [7, 11) is 0. The van der Waals surface area contributed by atoms with E-state index in [2.05, 4.69) is 25.5 Å². The lowest BCUT2D eigenvalue weighted by Crippen LogP contribution is -2.35. The number of benzene rings is 1. The van der Waals surface area contributed by atoms with Gasteiger partial charge in [-0.1, -0.05) is 30.3 Å². The van der Waals surface area contributed by atoms with Gasteiger partial charge < -0.3 is 15.2 Å². The molecule has 9 nitrogen and oxygen atoms in total. The van der Waals surface area contributed by atoms with Crippen LogP contribution in [0.1, 0.15) is 33.0 Å². The monoisotopic (exact) mass is 404 g/mol. The van der Waals surface area contributed by atoms with Gasteiger partial charge in [-0.3, -0.25) is 19.5 Å². The molecule has 1 aliphatic rings. The van der Waals surface area contributed by atoms with Gasteiger partial charge in [-0.25, -0.2) is 4.98 Å². The van der Waals surface area contributed by atoms with Crippen LogP contribution in [0.4, 0.5) is 0 Å². The summed E-state index contributed by atoms with van der Waals surface area (Å²) in [5.74, 6) is -0.441. The normalized spacial score (nSPS) is 13.3. The highest BCUT2D eigenvalue weighted by atomic mass is 16.2. The van der Waals surface area contributed by atoms with Crippen molar-refractivity contribution >= 4 is 17.9 Å². The average Bonchev–Trinajstić information content (AvgIpc) is 3.20. The number of aromatic nitrogens is 4. The van der Waals surface area contributed by atoms with Gasteiger partial charge >= 0.3 is 0 Å². The Hall–Kier alpha value is -4.01. The predicted octanol–water partition coefficient (Wildman–Crippen LogP) is 1.02. The summed E-state index contributed by atoms with van der Waals surface area (Å²) in [6, 6.07) is 10.9. The Bertz CT molecular complexity index is 1150.